The first-order chi connectivity index (χ1) is 31.7. The lowest BCUT2D eigenvalue weighted by Crippen LogP contribution is -2.59. The fourth-order valence-corrected chi connectivity index (χ4v) is 11.9. The highest BCUT2D eigenvalue weighted by Crippen LogP contribution is 2.54. The predicted molar refractivity (Wildman–Crippen MR) is 251 cm³/mol. The SMILES string of the molecule is CN1CCN(C2CC3(CCN(c4ccc(C(=O)NS(=O)(=O)c5cnc(NC[C@H]6CC[C@](C)(O)CC6)c([N+](=O)[O-])c5)c(Oc5cnc6[nH]ccc6c5)c4)CC3)C2)[C@H](c2ccccc2C2CC2)C1. The van der Waals surface area contributed by atoms with Gasteiger partial charge in [-0.3, -0.25) is 19.8 Å². The zero-order valence-electron chi connectivity index (χ0n) is 37.6. The van der Waals surface area contributed by atoms with Crippen LogP contribution in [-0.2, 0) is 10.0 Å². The van der Waals surface area contributed by atoms with E-state index in [9.17, 15) is 28.4 Å². The van der Waals surface area contributed by atoms with Crippen molar-refractivity contribution in [3.63, 3.8) is 0 Å². The minimum Gasteiger partial charge on any atom is -0.455 e. The summed E-state index contributed by atoms with van der Waals surface area (Å²) in [6.45, 7) is 7.06. The summed E-state index contributed by atoms with van der Waals surface area (Å²) in [5.74, 6) is 0.338. The van der Waals surface area contributed by atoms with Crippen molar-refractivity contribution in [2.75, 3.05) is 56.5 Å². The lowest BCUT2D eigenvalue weighted by Gasteiger charge is -2.58. The number of benzene rings is 2. The van der Waals surface area contributed by atoms with E-state index in [4.69, 9.17) is 4.74 Å². The first kappa shape index (κ1) is 44.2. The number of hydrogen-bond acceptors (Lipinski definition) is 13. The molecule has 1 spiro atoms. The van der Waals surface area contributed by atoms with E-state index in [2.05, 4.69) is 71.0 Å². The summed E-state index contributed by atoms with van der Waals surface area (Å²) in [4.78, 5) is 44.1. The number of nitrogens with zero attached hydrogens (tertiary/aromatic N) is 6. The second kappa shape index (κ2) is 17.6. The Labute approximate surface area is 385 Å². The van der Waals surface area contributed by atoms with Crippen molar-refractivity contribution in [3.05, 3.63) is 106 Å². The number of piperidine rings is 1. The van der Waals surface area contributed by atoms with Crippen LogP contribution in [0.15, 0.2) is 84.1 Å². The molecule has 0 radical (unpaired) electrons. The van der Waals surface area contributed by atoms with E-state index in [0.29, 0.717) is 48.8 Å². The molecule has 1 amide bonds. The number of carbonyl (C=O) groups is 1. The number of nitrogens with one attached hydrogen (secondary N) is 3. The van der Waals surface area contributed by atoms with Gasteiger partial charge in [-0.2, -0.15) is 0 Å². The van der Waals surface area contributed by atoms with Crippen LogP contribution in [0.2, 0.25) is 0 Å². The number of anilines is 2. The number of aromatic amines is 1. The summed E-state index contributed by atoms with van der Waals surface area (Å²) >= 11 is 0. The van der Waals surface area contributed by atoms with Crippen LogP contribution in [0.25, 0.3) is 11.0 Å². The number of rotatable bonds is 13. The molecule has 348 valence electrons. The largest absolute Gasteiger partial charge is 0.455 e. The number of likely N-dealkylation sites (N-methyl/N-ethyl adjacent to an activating group) is 1. The maximum Gasteiger partial charge on any atom is 0.312 e. The number of amides is 1. The third-order valence-electron chi connectivity index (χ3n) is 15.1. The monoisotopic (exact) mass is 917 g/mol. The number of sulfonamides is 1. The zero-order chi connectivity index (χ0) is 45.8. The molecule has 17 heteroatoms. The van der Waals surface area contributed by atoms with Gasteiger partial charge in [0.05, 0.1) is 28.5 Å². The number of aliphatic hydroxyl groups is 1. The minimum atomic E-state index is -4.63. The van der Waals surface area contributed by atoms with Gasteiger partial charge in [0.15, 0.2) is 0 Å². The zero-order valence-corrected chi connectivity index (χ0v) is 38.4. The molecule has 1 atom stereocenters. The normalized spacial score (nSPS) is 24.0. The number of aromatic nitrogens is 3. The molecule has 10 rings (SSSR count). The van der Waals surface area contributed by atoms with Crippen molar-refractivity contribution in [1.82, 2.24) is 29.5 Å². The molecule has 2 aromatic carbocycles. The number of ether oxygens (including phenoxy) is 1. The second-order valence-corrected chi connectivity index (χ2v) is 21.6. The van der Waals surface area contributed by atoms with Crippen molar-refractivity contribution >= 4 is 44.2 Å². The van der Waals surface area contributed by atoms with Crippen LogP contribution in [0.3, 0.4) is 0 Å². The Morgan fingerprint density at radius 2 is 1.71 bits per heavy atom. The first-order valence-electron chi connectivity index (χ1n) is 23.4. The van der Waals surface area contributed by atoms with E-state index < -0.39 is 37.0 Å². The highest BCUT2D eigenvalue weighted by Gasteiger charge is 2.50. The van der Waals surface area contributed by atoms with Gasteiger partial charge in [0.1, 0.15) is 22.0 Å². The van der Waals surface area contributed by atoms with Gasteiger partial charge < -0.3 is 29.9 Å². The molecule has 3 aromatic heterocycles. The van der Waals surface area contributed by atoms with Crippen LogP contribution >= 0.6 is 0 Å². The van der Waals surface area contributed by atoms with E-state index in [1.54, 1.807) is 36.9 Å². The van der Waals surface area contributed by atoms with Gasteiger partial charge in [0.25, 0.3) is 15.9 Å². The molecular formula is C49H59N9O7S. The highest BCUT2D eigenvalue weighted by atomic mass is 32.2. The molecule has 0 unspecified atom stereocenters. The second-order valence-electron chi connectivity index (χ2n) is 19.9. The van der Waals surface area contributed by atoms with Crippen LogP contribution in [-0.4, -0.2) is 107 Å². The van der Waals surface area contributed by atoms with Gasteiger partial charge in [-0.05, 0) is 131 Å². The number of H-pyrrole nitrogens is 1. The van der Waals surface area contributed by atoms with Crippen LogP contribution in [0, 0.1) is 21.4 Å². The molecule has 5 heterocycles. The Bertz CT molecular complexity index is 2730. The van der Waals surface area contributed by atoms with Crippen molar-refractivity contribution < 1.29 is 28.0 Å². The standard InChI is InChI=1S/C49H59N9O7S/c1-48(60)14-11-32(12-15-48)28-51-46-42(58(61)62)25-38(30-53-46)66(63,64)54-47(59)41-10-9-35(24-44(41)65-37-23-34-13-18-50-45(34)52-29-37)56-19-16-49(17-20-56)26-36(27-49)57-22-21-55(2)31-43(57)40-6-4-3-5-39(40)33-7-8-33/h3-6,9-10,13,18,23-25,29-30,32-33,36,43,60H,7-8,11-12,14-17,19-22,26-28,31H2,1-2H3,(H,50,52)(H,51,53)(H,54,59)/t32-,43-,48-/m0/s1. The summed E-state index contributed by atoms with van der Waals surface area (Å²) in [6, 6.07) is 19.8. The minimum absolute atomic E-state index is 0.0380. The molecule has 2 saturated heterocycles. The predicted octanol–water partition coefficient (Wildman–Crippen LogP) is 7.75. The van der Waals surface area contributed by atoms with Crippen LogP contribution in [0.1, 0.15) is 105 Å². The molecule has 4 N–H and O–H groups in total. The third-order valence-corrected chi connectivity index (χ3v) is 16.4. The first-order valence-corrected chi connectivity index (χ1v) is 24.9. The van der Waals surface area contributed by atoms with Gasteiger partial charge in [0, 0.05) is 80.8 Å². The smallest absolute Gasteiger partial charge is 0.312 e. The number of piperazine rings is 1. The van der Waals surface area contributed by atoms with Crippen LogP contribution < -0.4 is 19.7 Å². The Kier molecular flexibility index (Phi) is 11.8. The van der Waals surface area contributed by atoms with E-state index in [1.165, 1.54) is 37.4 Å². The number of pyridine rings is 2. The lowest BCUT2D eigenvalue weighted by molar-refractivity contribution is -0.384. The fourth-order valence-electron chi connectivity index (χ4n) is 11.0. The molecular weight excluding hydrogens is 859 g/mol. The van der Waals surface area contributed by atoms with Crippen molar-refractivity contribution in [1.29, 1.82) is 0 Å². The van der Waals surface area contributed by atoms with E-state index in [-0.39, 0.29) is 28.5 Å². The van der Waals surface area contributed by atoms with Gasteiger partial charge in [-0.15, -0.1) is 0 Å². The van der Waals surface area contributed by atoms with Crippen LogP contribution in [0.5, 0.6) is 11.5 Å². The number of nitro groups is 1. The maximum atomic E-state index is 14.0. The van der Waals surface area contributed by atoms with Crippen molar-refractivity contribution in [2.24, 2.45) is 11.3 Å². The van der Waals surface area contributed by atoms with Crippen LogP contribution in [0.4, 0.5) is 17.2 Å². The summed E-state index contributed by atoms with van der Waals surface area (Å²) in [5.41, 5.74) is 3.57. The number of carbonyl (C=O) groups excluding carboxylic acids is 1. The van der Waals surface area contributed by atoms with Gasteiger partial charge in [0.2, 0.25) is 5.82 Å². The molecule has 5 fully saturated rings. The summed E-state index contributed by atoms with van der Waals surface area (Å²) in [5, 5.41) is 26.2. The molecule has 16 nitrogen and oxygen atoms in total. The van der Waals surface area contributed by atoms with Crippen molar-refractivity contribution in [3.8, 4) is 11.5 Å². The Morgan fingerprint density at radius 1 is 0.955 bits per heavy atom. The average Bonchev–Trinajstić information content (AvgIpc) is 4.04. The molecule has 66 heavy (non-hydrogen) atoms. The molecule has 0 bridgehead atoms. The summed E-state index contributed by atoms with van der Waals surface area (Å²) < 4.78 is 35.9. The van der Waals surface area contributed by atoms with Gasteiger partial charge in [-0.25, -0.2) is 23.1 Å². The summed E-state index contributed by atoms with van der Waals surface area (Å²) in [6.07, 6.45) is 14.1. The fraction of sp³-hybridized carbons (Fsp3) is 0.490. The third kappa shape index (κ3) is 9.22. The summed E-state index contributed by atoms with van der Waals surface area (Å²) in [7, 11) is -2.38. The Morgan fingerprint density at radius 3 is 2.45 bits per heavy atom. The van der Waals surface area contributed by atoms with E-state index >= 15 is 0 Å². The molecule has 5 aliphatic rings. The maximum absolute atomic E-state index is 14.0. The molecule has 5 aromatic rings. The van der Waals surface area contributed by atoms with Gasteiger partial charge in [-0.1, -0.05) is 24.3 Å². The molecule has 3 aliphatic carbocycles. The topological polar surface area (TPSA) is 199 Å². The van der Waals surface area contributed by atoms with Gasteiger partial charge >= 0.3 is 5.69 Å². The number of fused-ring (bicyclic) bond motifs is 1. The van der Waals surface area contributed by atoms with E-state index in [0.717, 1.165) is 81.7 Å². The molecule has 2 aliphatic heterocycles. The Hall–Kier alpha value is -5.62. The quantitative estimate of drug-likeness (QED) is 0.0661. The van der Waals surface area contributed by atoms with E-state index in [1.807, 2.05) is 12.1 Å². The highest BCUT2D eigenvalue weighted by molar-refractivity contribution is 7.90. The average molecular weight is 918 g/mol. The molecule has 3 saturated carbocycles. The Balaban J connectivity index is 0.836. The number of hydrogen-bond donors (Lipinski definition) is 4. The lowest BCUT2D eigenvalue weighted by atomic mass is 9.59. The van der Waals surface area contributed by atoms with Crippen molar-refractivity contribution in [2.45, 2.75) is 99.6 Å².